The summed E-state index contributed by atoms with van der Waals surface area (Å²) in [4.78, 5) is 9.76. The summed E-state index contributed by atoms with van der Waals surface area (Å²) in [6.07, 6.45) is -0.864. The SMILES string of the molecule is Cc1cc(Cl)c([N+](=O)[O-])cc1S(=O)(=O)NC[C@H](C)O. The van der Waals surface area contributed by atoms with Crippen LogP contribution in [0.25, 0.3) is 0 Å². The van der Waals surface area contributed by atoms with E-state index in [1.807, 2.05) is 0 Å². The number of nitrogens with one attached hydrogen (secondary N) is 1. The molecule has 0 aromatic heterocycles. The first-order valence-electron chi connectivity index (χ1n) is 5.27. The first-order valence-corrected chi connectivity index (χ1v) is 7.13. The monoisotopic (exact) mass is 308 g/mol. The average Bonchev–Trinajstić information content (AvgIpc) is 2.25. The van der Waals surface area contributed by atoms with Crippen LogP contribution < -0.4 is 4.72 Å². The Balaban J connectivity index is 3.27. The highest BCUT2D eigenvalue weighted by Crippen LogP contribution is 2.29. The van der Waals surface area contributed by atoms with Crippen LogP contribution >= 0.6 is 11.6 Å². The molecule has 0 heterocycles. The summed E-state index contributed by atoms with van der Waals surface area (Å²) < 4.78 is 26.1. The van der Waals surface area contributed by atoms with Gasteiger partial charge in [0, 0.05) is 12.6 Å². The van der Waals surface area contributed by atoms with E-state index in [4.69, 9.17) is 16.7 Å². The Bertz CT molecular complexity index is 600. The van der Waals surface area contributed by atoms with Crippen LogP contribution in [0.2, 0.25) is 5.02 Å². The van der Waals surface area contributed by atoms with Gasteiger partial charge in [0.2, 0.25) is 10.0 Å². The number of nitro benzene ring substituents is 1. The lowest BCUT2D eigenvalue weighted by molar-refractivity contribution is -0.384. The lowest BCUT2D eigenvalue weighted by Crippen LogP contribution is -2.31. The highest BCUT2D eigenvalue weighted by molar-refractivity contribution is 7.89. The summed E-state index contributed by atoms with van der Waals surface area (Å²) in [5, 5.41) is 19.7. The normalized spacial score (nSPS) is 13.3. The highest BCUT2D eigenvalue weighted by atomic mass is 35.5. The maximum Gasteiger partial charge on any atom is 0.289 e. The van der Waals surface area contributed by atoms with Gasteiger partial charge >= 0.3 is 0 Å². The van der Waals surface area contributed by atoms with Gasteiger partial charge in [-0.05, 0) is 25.5 Å². The van der Waals surface area contributed by atoms with Gasteiger partial charge < -0.3 is 5.11 Å². The number of rotatable bonds is 5. The Labute approximate surface area is 115 Å². The molecule has 2 N–H and O–H groups in total. The molecule has 0 fully saturated rings. The fourth-order valence-corrected chi connectivity index (χ4v) is 3.03. The molecule has 0 spiro atoms. The summed E-state index contributed by atoms with van der Waals surface area (Å²) >= 11 is 5.68. The molecule has 0 aliphatic rings. The van der Waals surface area contributed by atoms with Crippen molar-refractivity contribution < 1.29 is 18.4 Å². The van der Waals surface area contributed by atoms with Gasteiger partial charge in [0.1, 0.15) is 5.02 Å². The van der Waals surface area contributed by atoms with E-state index in [0.717, 1.165) is 6.07 Å². The number of halogens is 1. The van der Waals surface area contributed by atoms with Crippen LogP contribution in [-0.2, 0) is 10.0 Å². The minimum absolute atomic E-state index is 0.128. The van der Waals surface area contributed by atoms with Crippen molar-refractivity contribution in [3.63, 3.8) is 0 Å². The number of sulfonamides is 1. The fraction of sp³-hybridized carbons (Fsp3) is 0.400. The van der Waals surface area contributed by atoms with Crippen LogP contribution in [0.15, 0.2) is 17.0 Å². The van der Waals surface area contributed by atoms with Crippen molar-refractivity contribution in [3.05, 3.63) is 32.8 Å². The van der Waals surface area contributed by atoms with Crippen molar-refractivity contribution in [2.45, 2.75) is 24.8 Å². The van der Waals surface area contributed by atoms with E-state index in [1.165, 1.54) is 19.9 Å². The number of benzene rings is 1. The van der Waals surface area contributed by atoms with E-state index < -0.39 is 26.7 Å². The standard InChI is InChI=1S/C10H13ClN2O5S/c1-6-3-8(11)9(13(15)16)4-10(6)19(17,18)12-5-7(2)14/h3-4,7,12,14H,5H2,1-2H3/t7-/m0/s1. The summed E-state index contributed by atoms with van der Waals surface area (Å²) in [5.74, 6) is 0. The average molecular weight is 309 g/mol. The zero-order valence-electron chi connectivity index (χ0n) is 10.3. The van der Waals surface area contributed by atoms with E-state index >= 15 is 0 Å². The lowest BCUT2D eigenvalue weighted by Gasteiger charge is -2.11. The molecule has 106 valence electrons. The third-order valence-corrected chi connectivity index (χ3v) is 4.17. The number of hydrogen-bond acceptors (Lipinski definition) is 5. The molecule has 7 nitrogen and oxygen atoms in total. The number of nitrogens with zero attached hydrogens (tertiary/aromatic N) is 1. The number of aliphatic hydroxyl groups excluding tert-OH is 1. The van der Waals surface area contributed by atoms with Crippen molar-refractivity contribution in [2.24, 2.45) is 0 Å². The Hall–Kier alpha value is -1.22. The first-order chi connectivity index (χ1) is 8.65. The van der Waals surface area contributed by atoms with Crippen LogP contribution in [0.1, 0.15) is 12.5 Å². The van der Waals surface area contributed by atoms with Crippen molar-refractivity contribution in [3.8, 4) is 0 Å². The fourth-order valence-electron chi connectivity index (χ4n) is 1.38. The molecule has 0 aliphatic heterocycles. The summed E-state index contributed by atoms with van der Waals surface area (Å²) in [6.45, 7) is 2.71. The quantitative estimate of drug-likeness (QED) is 0.627. The molecule has 1 aromatic rings. The first kappa shape index (κ1) is 15.8. The minimum Gasteiger partial charge on any atom is -0.392 e. The van der Waals surface area contributed by atoms with E-state index in [-0.39, 0.29) is 22.0 Å². The Kier molecular flexibility index (Phi) is 4.86. The third kappa shape index (κ3) is 3.87. The van der Waals surface area contributed by atoms with Gasteiger partial charge in [-0.25, -0.2) is 13.1 Å². The second-order valence-electron chi connectivity index (χ2n) is 4.03. The molecular weight excluding hydrogens is 296 g/mol. The molecule has 1 aromatic carbocycles. The number of aliphatic hydroxyl groups is 1. The van der Waals surface area contributed by atoms with E-state index in [2.05, 4.69) is 4.72 Å². The summed E-state index contributed by atoms with van der Waals surface area (Å²) in [6, 6.07) is 2.12. The Morgan fingerprint density at radius 3 is 2.58 bits per heavy atom. The van der Waals surface area contributed by atoms with E-state index in [0.29, 0.717) is 0 Å². The Morgan fingerprint density at radius 1 is 1.53 bits per heavy atom. The van der Waals surface area contributed by atoms with E-state index in [1.54, 1.807) is 0 Å². The largest absolute Gasteiger partial charge is 0.392 e. The molecule has 1 rings (SSSR count). The van der Waals surface area contributed by atoms with Gasteiger partial charge in [-0.15, -0.1) is 0 Å². The van der Waals surface area contributed by atoms with Gasteiger partial charge in [0.25, 0.3) is 5.69 Å². The molecule has 0 bridgehead atoms. The zero-order chi connectivity index (χ0) is 14.8. The number of hydrogen-bond donors (Lipinski definition) is 2. The van der Waals surface area contributed by atoms with Crippen LogP contribution in [0.3, 0.4) is 0 Å². The number of nitro groups is 1. The van der Waals surface area contributed by atoms with Crippen LogP contribution in [0.4, 0.5) is 5.69 Å². The molecule has 0 radical (unpaired) electrons. The molecule has 0 aliphatic carbocycles. The maximum absolute atomic E-state index is 12.0. The summed E-state index contributed by atoms with van der Waals surface area (Å²) in [5.41, 5.74) is -0.196. The third-order valence-electron chi connectivity index (χ3n) is 2.30. The van der Waals surface area contributed by atoms with Crippen LogP contribution in [-0.4, -0.2) is 31.1 Å². The molecule has 1 atom stereocenters. The van der Waals surface area contributed by atoms with Gasteiger partial charge in [-0.3, -0.25) is 10.1 Å². The molecule has 9 heteroatoms. The highest BCUT2D eigenvalue weighted by Gasteiger charge is 2.23. The summed E-state index contributed by atoms with van der Waals surface area (Å²) in [7, 11) is -3.93. The smallest absolute Gasteiger partial charge is 0.289 e. The molecule has 19 heavy (non-hydrogen) atoms. The molecular formula is C10H13ClN2O5S. The van der Waals surface area contributed by atoms with Crippen molar-refractivity contribution in [1.82, 2.24) is 4.72 Å². The van der Waals surface area contributed by atoms with Gasteiger partial charge in [0.15, 0.2) is 0 Å². The van der Waals surface area contributed by atoms with Crippen molar-refractivity contribution >= 4 is 27.3 Å². The van der Waals surface area contributed by atoms with Crippen molar-refractivity contribution in [2.75, 3.05) is 6.54 Å². The Morgan fingerprint density at radius 2 is 2.11 bits per heavy atom. The van der Waals surface area contributed by atoms with E-state index in [9.17, 15) is 18.5 Å². The second-order valence-corrected chi connectivity index (χ2v) is 6.17. The predicted octanol–water partition coefficient (Wildman–Crippen LogP) is 1.22. The topological polar surface area (TPSA) is 110 Å². The lowest BCUT2D eigenvalue weighted by atomic mass is 10.2. The molecule has 0 unspecified atom stereocenters. The molecule has 0 saturated carbocycles. The van der Waals surface area contributed by atoms with Crippen LogP contribution in [0.5, 0.6) is 0 Å². The van der Waals surface area contributed by atoms with Gasteiger partial charge in [-0.2, -0.15) is 0 Å². The number of aryl methyl sites for hydroxylation is 1. The zero-order valence-corrected chi connectivity index (χ0v) is 11.8. The van der Waals surface area contributed by atoms with Crippen molar-refractivity contribution in [1.29, 1.82) is 0 Å². The van der Waals surface area contributed by atoms with Crippen LogP contribution in [0, 0.1) is 17.0 Å². The van der Waals surface area contributed by atoms with Gasteiger partial charge in [-0.1, -0.05) is 11.6 Å². The molecule has 0 saturated heterocycles. The van der Waals surface area contributed by atoms with Gasteiger partial charge in [0.05, 0.1) is 15.9 Å². The maximum atomic E-state index is 12.0. The minimum atomic E-state index is -3.93. The predicted molar refractivity (Wildman–Crippen MR) is 69.7 cm³/mol. The second kappa shape index (κ2) is 5.83. The molecule has 0 amide bonds.